The highest BCUT2D eigenvalue weighted by molar-refractivity contribution is 7.15. The molecule has 0 aliphatic heterocycles. The zero-order valence-corrected chi connectivity index (χ0v) is 17.4. The maximum atomic E-state index is 12.5. The van der Waals surface area contributed by atoms with Gasteiger partial charge in [0.1, 0.15) is 11.5 Å². The van der Waals surface area contributed by atoms with Gasteiger partial charge in [-0.25, -0.2) is 4.98 Å². The minimum atomic E-state index is -0.134. The fourth-order valence-electron chi connectivity index (χ4n) is 2.97. The van der Waals surface area contributed by atoms with Crippen LogP contribution in [0.15, 0.2) is 54.0 Å². The molecule has 148 valence electrons. The number of nitrogens with one attached hydrogen (secondary N) is 1. The van der Waals surface area contributed by atoms with Gasteiger partial charge in [0.25, 0.3) is 0 Å². The lowest BCUT2D eigenvalue weighted by molar-refractivity contribution is -0.115. The van der Waals surface area contributed by atoms with E-state index in [1.807, 2.05) is 40.2 Å². The smallest absolute Gasteiger partial charge is 0.230 e. The Balaban J connectivity index is 1.51. The van der Waals surface area contributed by atoms with Crippen molar-refractivity contribution < 1.29 is 14.3 Å². The van der Waals surface area contributed by atoms with Crippen molar-refractivity contribution in [3.63, 3.8) is 0 Å². The number of halogens is 1. The van der Waals surface area contributed by atoms with Crippen molar-refractivity contribution in [3.05, 3.63) is 64.8 Å². The van der Waals surface area contributed by atoms with Crippen LogP contribution in [0.1, 0.15) is 5.69 Å². The molecule has 6 nitrogen and oxygen atoms in total. The highest BCUT2D eigenvalue weighted by atomic mass is 35.5. The van der Waals surface area contributed by atoms with Crippen LogP contribution in [0.5, 0.6) is 11.5 Å². The lowest BCUT2D eigenvalue weighted by Crippen LogP contribution is -2.15. The summed E-state index contributed by atoms with van der Waals surface area (Å²) in [6, 6.07) is 12.9. The first-order chi connectivity index (χ1) is 14.1. The molecule has 0 radical (unpaired) electrons. The van der Waals surface area contributed by atoms with Gasteiger partial charge < -0.3 is 14.8 Å². The Bertz CT molecular complexity index is 1170. The van der Waals surface area contributed by atoms with Crippen LogP contribution in [0.25, 0.3) is 16.2 Å². The lowest BCUT2D eigenvalue weighted by Gasteiger charge is -2.08. The zero-order valence-electron chi connectivity index (χ0n) is 15.8. The summed E-state index contributed by atoms with van der Waals surface area (Å²) in [5.74, 6) is 1.23. The summed E-state index contributed by atoms with van der Waals surface area (Å²) in [5, 5.41) is 5.26. The van der Waals surface area contributed by atoms with E-state index in [0.717, 1.165) is 27.7 Å². The second-order valence-electron chi connectivity index (χ2n) is 6.31. The molecule has 0 bridgehead atoms. The molecule has 4 rings (SSSR count). The second kappa shape index (κ2) is 8.14. The van der Waals surface area contributed by atoms with Gasteiger partial charge in [0.2, 0.25) is 5.91 Å². The number of imidazole rings is 1. The number of carbonyl (C=O) groups is 1. The Morgan fingerprint density at radius 3 is 2.66 bits per heavy atom. The molecule has 8 heteroatoms. The van der Waals surface area contributed by atoms with Crippen LogP contribution in [0.2, 0.25) is 5.02 Å². The van der Waals surface area contributed by atoms with Crippen LogP contribution < -0.4 is 14.8 Å². The molecule has 1 amide bonds. The van der Waals surface area contributed by atoms with E-state index in [0.29, 0.717) is 16.5 Å². The van der Waals surface area contributed by atoms with Gasteiger partial charge in [-0.3, -0.25) is 9.20 Å². The highest BCUT2D eigenvalue weighted by Crippen LogP contribution is 2.28. The van der Waals surface area contributed by atoms with E-state index in [9.17, 15) is 4.79 Å². The van der Waals surface area contributed by atoms with Crippen LogP contribution in [0.3, 0.4) is 0 Å². The van der Waals surface area contributed by atoms with Crippen molar-refractivity contribution in [1.29, 1.82) is 0 Å². The van der Waals surface area contributed by atoms with Crippen molar-refractivity contribution in [3.8, 4) is 22.8 Å². The quantitative estimate of drug-likeness (QED) is 0.474. The molecule has 2 aromatic carbocycles. The number of aromatic nitrogens is 2. The molecule has 1 N–H and O–H groups in total. The third-order valence-electron chi connectivity index (χ3n) is 4.45. The van der Waals surface area contributed by atoms with E-state index < -0.39 is 0 Å². The third kappa shape index (κ3) is 4.06. The molecule has 0 spiro atoms. The number of benzene rings is 2. The van der Waals surface area contributed by atoms with Gasteiger partial charge in [-0.15, -0.1) is 11.3 Å². The molecule has 0 aliphatic rings. The number of carbonyl (C=O) groups excluding carboxylic acids is 1. The molecule has 0 saturated carbocycles. The number of thiazole rings is 1. The van der Waals surface area contributed by atoms with Crippen molar-refractivity contribution in [2.45, 2.75) is 6.42 Å². The summed E-state index contributed by atoms with van der Waals surface area (Å²) in [6.45, 7) is 0. The molecule has 0 aliphatic carbocycles. The average molecular weight is 428 g/mol. The normalized spacial score (nSPS) is 10.9. The van der Waals surface area contributed by atoms with Crippen LogP contribution in [-0.2, 0) is 11.2 Å². The van der Waals surface area contributed by atoms with Crippen LogP contribution >= 0.6 is 22.9 Å². The molecule has 29 heavy (non-hydrogen) atoms. The molecule has 0 fully saturated rings. The Hall–Kier alpha value is -3.03. The van der Waals surface area contributed by atoms with Gasteiger partial charge in [0, 0.05) is 28.5 Å². The number of anilines is 1. The Labute approximate surface area is 176 Å². The summed E-state index contributed by atoms with van der Waals surface area (Å²) < 4.78 is 12.3. The van der Waals surface area contributed by atoms with Crippen LogP contribution in [0.4, 0.5) is 5.69 Å². The molecular weight excluding hydrogens is 410 g/mol. The maximum absolute atomic E-state index is 12.5. The minimum Gasteiger partial charge on any atom is -0.497 e. The number of rotatable bonds is 6. The number of fused-ring (bicyclic) bond motifs is 1. The largest absolute Gasteiger partial charge is 0.497 e. The fraction of sp³-hybridized carbons (Fsp3) is 0.143. The predicted octanol–water partition coefficient (Wildman–Crippen LogP) is 4.91. The van der Waals surface area contributed by atoms with Crippen molar-refractivity contribution in [1.82, 2.24) is 9.38 Å². The SMILES string of the molecule is COc1ccc(-c2cn3c(CC(=O)Nc4ccc(OC)c(Cl)c4)csc3n2)cc1. The van der Waals surface area contributed by atoms with Crippen molar-refractivity contribution in [2.75, 3.05) is 19.5 Å². The zero-order chi connectivity index (χ0) is 20.4. The van der Waals surface area contributed by atoms with Gasteiger partial charge in [0.15, 0.2) is 4.96 Å². The Morgan fingerprint density at radius 1 is 1.17 bits per heavy atom. The van der Waals surface area contributed by atoms with E-state index in [2.05, 4.69) is 10.3 Å². The number of hydrogen-bond donors (Lipinski definition) is 1. The van der Waals surface area contributed by atoms with Crippen LogP contribution in [0, 0.1) is 0 Å². The molecule has 2 heterocycles. The number of hydrogen-bond acceptors (Lipinski definition) is 5. The Morgan fingerprint density at radius 2 is 1.97 bits per heavy atom. The molecule has 0 atom stereocenters. The molecule has 0 saturated heterocycles. The summed E-state index contributed by atoms with van der Waals surface area (Å²) in [5.41, 5.74) is 3.33. The van der Waals surface area contributed by atoms with Gasteiger partial charge in [-0.2, -0.15) is 0 Å². The standard InChI is InChI=1S/C21H18ClN3O3S/c1-27-16-6-3-13(4-7-16)18-11-25-15(12-29-21(25)24-18)10-20(26)23-14-5-8-19(28-2)17(22)9-14/h3-9,11-12H,10H2,1-2H3,(H,23,26). The van der Waals surface area contributed by atoms with Gasteiger partial charge in [-0.1, -0.05) is 11.6 Å². The fourth-order valence-corrected chi connectivity index (χ4v) is 4.10. The first kappa shape index (κ1) is 19.3. The molecule has 2 aromatic heterocycles. The Kier molecular flexibility index (Phi) is 5.42. The van der Waals surface area contributed by atoms with Gasteiger partial charge >= 0.3 is 0 Å². The second-order valence-corrected chi connectivity index (χ2v) is 7.55. The van der Waals surface area contributed by atoms with E-state index in [1.54, 1.807) is 32.4 Å². The molecular formula is C21H18ClN3O3S. The number of amides is 1. The third-order valence-corrected chi connectivity index (χ3v) is 5.63. The van der Waals surface area contributed by atoms with Crippen molar-refractivity contribution >= 4 is 39.5 Å². The van der Waals surface area contributed by atoms with Crippen molar-refractivity contribution in [2.24, 2.45) is 0 Å². The van der Waals surface area contributed by atoms with E-state index in [-0.39, 0.29) is 12.3 Å². The van der Waals surface area contributed by atoms with E-state index >= 15 is 0 Å². The maximum Gasteiger partial charge on any atom is 0.230 e. The summed E-state index contributed by atoms with van der Waals surface area (Å²) >= 11 is 7.62. The minimum absolute atomic E-state index is 0.134. The molecule has 0 unspecified atom stereocenters. The first-order valence-corrected chi connectivity index (χ1v) is 10.1. The summed E-state index contributed by atoms with van der Waals surface area (Å²) in [4.78, 5) is 18.0. The van der Waals surface area contributed by atoms with E-state index in [1.165, 1.54) is 11.3 Å². The number of methoxy groups -OCH3 is 2. The lowest BCUT2D eigenvalue weighted by atomic mass is 10.2. The predicted molar refractivity (Wildman–Crippen MR) is 115 cm³/mol. The van der Waals surface area contributed by atoms with Gasteiger partial charge in [-0.05, 0) is 42.5 Å². The van der Waals surface area contributed by atoms with Crippen LogP contribution in [-0.4, -0.2) is 29.5 Å². The monoisotopic (exact) mass is 427 g/mol. The van der Waals surface area contributed by atoms with E-state index in [4.69, 9.17) is 21.1 Å². The topological polar surface area (TPSA) is 64.9 Å². The summed E-state index contributed by atoms with van der Waals surface area (Å²) in [7, 11) is 3.19. The molecule has 4 aromatic rings. The highest BCUT2D eigenvalue weighted by Gasteiger charge is 2.13. The first-order valence-electron chi connectivity index (χ1n) is 8.80. The average Bonchev–Trinajstić information content (AvgIpc) is 3.30. The number of ether oxygens (including phenoxy) is 2. The van der Waals surface area contributed by atoms with Gasteiger partial charge in [0.05, 0.1) is 31.4 Å². The summed E-state index contributed by atoms with van der Waals surface area (Å²) in [6.07, 6.45) is 2.17. The number of nitrogens with zero attached hydrogens (tertiary/aromatic N) is 2.